The van der Waals surface area contributed by atoms with Gasteiger partial charge in [-0.1, -0.05) is 23.7 Å². The van der Waals surface area contributed by atoms with Crippen LogP contribution in [0.3, 0.4) is 0 Å². The number of aliphatic hydroxyl groups excluding tert-OH is 1. The molecule has 0 aliphatic rings. The third kappa shape index (κ3) is 3.36. The van der Waals surface area contributed by atoms with Gasteiger partial charge < -0.3 is 5.11 Å². The number of hydrogen-bond acceptors (Lipinski definition) is 4. The number of aryl methyl sites for hydroxylation is 1. The van der Waals surface area contributed by atoms with Crippen LogP contribution in [0.2, 0.25) is 5.02 Å². The van der Waals surface area contributed by atoms with Crippen LogP contribution in [0.4, 0.5) is 0 Å². The van der Waals surface area contributed by atoms with Gasteiger partial charge in [0.25, 0.3) is 0 Å². The van der Waals surface area contributed by atoms with E-state index in [0.29, 0.717) is 22.8 Å². The van der Waals surface area contributed by atoms with Gasteiger partial charge in [0.1, 0.15) is 12.4 Å². The molecule has 1 aromatic carbocycles. The number of carbonyl (C=O) groups is 1. The molecule has 0 amide bonds. The molecule has 1 aromatic heterocycles. The molecule has 1 heterocycles. The van der Waals surface area contributed by atoms with Crippen molar-refractivity contribution in [3.8, 4) is 0 Å². The number of Topliss-reactive ketones (excluding diaryl/α,β-unsaturated/α-hetero) is 1. The van der Waals surface area contributed by atoms with E-state index in [4.69, 9.17) is 16.7 Å². The Labute approximate surface area is 116 Å². The second kappa shape index (κ2) is 5.91. The quantitative estimate of drug-likeness (QED) is 0.870. The van der Waals surface area contributed by atoms with Crippen molar-refractivity contribution in [2.45, 2.75) is 13.3 Å². The first-order valence-corrected chi connectivity index (χ1v) is 6.18. The lowest BCUT2D eigenvalue weighted by molar-refractivity contribution is 0.0903. The van der Waals surface area contributed by atoms with Gasteiger partial charge in [0.15, 0.2) is 5.78 Å². The van der Waals surface area contributed by atoms with Gasteiger partial charge >= 0.3 is 0 Å². The van der Waals surface area contributed by atoms with Crippen LogP contribution in [0, 0.1) is 6.92 Å². The predicted octanol–water partition coefficient (Wildman–Crippen LogP) is 2.20. The van der Waals surface area contributed by atoms with E-state index in [1.807, 2.05) is 25.1 Å². The second-order valence-electron chi connectivity index (χ2n) is 4.23. The van der Waals surface area contributed by atoms with E-state index in [-0.39, 0.29) is 5.78 Å². The fourth-order valence-electron chi connectivity index (χ4n) is 1.61. The van der Waals surface area contributed by atoms with Crippen molar-refractivity contribution >= 4 is 17.4 Å². The minimum Gasteiger partial charge on any atom is -0.388 e. The van der Waals surface area contributed by atoms with Crippen molar-refractivity contribution in [3.63, 3.8) is 0 Å². The van der Waals surface area contributed by atoms with Gasteiger partial charge in [-0.15, -0.1) is 0 Å². The third-order valence-corrected chi connectivity index (χ3v) is 3.18. The average molecular weight is 277 g/mol. The highest BCUT2D eigenvalue weighted by Crippen LogP contribution is 2.18. The lowest BCUT2D eigenvalue weighted by Crippen LogP contribution is -2.07. The van der Waals surface area contributed by atoms with Gasteiger partial charge in [-0.3, -0.25) is 4.79 Å². The molecule has 0 spiro atoms. The highest BCUT2D eigenvalue weighted by atomic mass is 35.5. The Kier molecular flexibility index (Phi) is 4.24. The number of aromatic nitrogens is 2. The zero-order valence-corrected chi connectivity index (χ0v) is 11.2. The molecule has 0 aliphatic heterocycles. The lowest BCUT2D eigenvalue weighted by atomic mass is 10.1. The molecule has 5 heteroatoms. The van der Waals surface area contributed by atoms with Crippen LogP contribution in [-0.2, 0) is 6.42 Å². The number of carbonyl (C=O) groups excluding carboxylic acids is 1. The summed E-state index contributed by atoms with van der Waals surface area (Å²) >= 11 is 6.05. The Morgan fingerprint density at radius 3 is 2.58 bits per heavy atom. The Hall–Kier alpha value is -1.78. The van der Waals surface area contributed by atoms with E-state index in [0.717, 1.165) is 11.1 Å². The minimum absolute atomic E-state index is 0.313. The van der Waals surface area contributed by atoms with Crippen molar-refractivity contribution in [2.24, 2.45) is 0 Å². The van der Waals surface area contributed by atoms with E-state index in [1.165, 1.54) is 12.4 Å². The summed E-state index contributed by atoms with van der Waals surface area (Å²) in [6.07, 6.45) is 3.40. The summed E-state index contributed by atoms with van der Waals surface area (Å²) in [6, 6.07) is 5.80. The topological polar surface area (TPSA) is 63.1 Å². The molecule has 0 saturated carbocycles. The van der Waals surface area contributed by atoms with Gasteiger partial charge in [0, 0.05) is 23.8 Å². The van der Waals surface area contributed by atoms with Gasteiger partial charge in [-0.25, -0.2) is 9.97 Å². The molecule has 0 atom stereocenters. The number of halogens is 1. The summed E-state index contributed by atoms with van der Waals surface area (Å²) in [5.74, 6) is 0.222. The van der Waals surface area contributed by atoms with Gasteiger partial charge in [0.05, 0.1) is 5.56 Å². The van der Waals surface area contributed by atoms with Crippen LogP contribution in [0.1, 0.15) is 27.3 Å². The first-order valence-electron chi connectivity index (χ1n) is 5.80. The Bertz CT molecular complexity index is 597. The molecule has 0 fully saturated rings. The predicted molar refractivity (Wildman–Crippen MR) is 72.4 cm³/mol. The molecule has 1 N–H and O–H groups in total. The first kappa shape index (κ1) is 13.6. The van der Waals surface area contributed by atoms with Crippen LogP contribution >= 0.6 is 11.6 Å². The fraction of sp³-hybridized carbons (Fsp3) is 0.214. The molecule has 2 rings (SSSR count). The standard InChI is InChI=1S/C14H13ClN2O2/c1-9-2-3-10(4-12(9)15)5-14-16-6-11(7-17-14)13(19)8-18/h2-4,6-7,18H,5,8H2,1H3. The maximum atomic E-state index is 11.2. The minimum atomic E-state index is -0.531. The van der Waals surface area contributed by atoms with Crippen LogP contribution < -0.4 is 0 Å². The number of ketones is 1. The molecule has 98 valence electrons. The number of aliphatic hydroxyl groups is 1. The molecule has 2 aromatic rings. The van der Waals surface area contributed by atoms with E-state index >= 15 is 0 Å². The third-order valence-electron chi connectivity index (χ3n) is 2.77. The largest absolute Gasteiger partial charge is 0.388 e. The monoisotopic (exact) mass is 276 g/mol. The fourth-order valence-corrected chi connectivity index (χ4v) is 1.81. The first-order chi connectivity index (χ1) is 9.10. The Morgan fingerprint density at radius 2 is 2.00 bits per heavy atom. The van der Waals surface area contributed by atoms with Gasteiger partial charge in [0.2, 0.25) is 0 Å². The van der Waals surface area contributed by atoms with Crippen molar-refractivity contribution in [3.05, 3.63) is 58.1 Å². The SMILES string of the molecule is Cc1ccc(Cc2ncc(C(=O)CO)cn2)cc1Cl. The van der Waals surface area contributed by atoms with Crippen LogP contribution in [0.5, 0.6) is 0 Å². The molecule has 0 aliphatic carbocycles. The zero-order chi connectivity index (χ0) is 13.8. The molecule has 19 heavy (non-hydrogen) atoms. The number of hydrogen-bond donors (Lipinski definition) is 1. The van der Waals surface area contributed by atoms with Gasteiger partial charge in [-0.05, 0) is 24.1 Å². The lowest BCUT2D eigenvalue weighted by Gasteiger charge is -2.04. The summed E-state index contributed by atoms with van der Waals surface area (Å²) < 4.78 is 0. The Morgan fingerprint density at radius 1 is 1.32 bits per heavy atom. The number of benzene rings is 1. The summed E-state index contributed by atoms with van der Waals surface area (Å²) in [7, 11) is 0. The number of rotatable bonds is 4. The van der Waals surface area contributed by atoms with E-state index < -0.39 is 6.61 Å². The van der Waals surface area contributed by atoms with Gasteiger partial charge in [-0.2, -0.15) is 0 Å². The molecular formula is C14H13ClN2O2. The molecule has 0 bridgehead atoms. The van der Waals surface area contributed by atoms with E-state index in [9.17, 15) is 4.79 Å². The van der Waals surface area contributed by atoms with Crippen molar-refractivity contribution in [2.75, 3.05) is 6.61 Å². The van der Waals surface area contributed by atoms with Crippen LogP contribution in [0.25, 0.3) is 0 Å². The van der Waals surface area contributed by atoms with Crippen LogP contribution in [-0.4, -0.2) is 27.5 Å². The van der Waals surface area contributed by atoms with E-state index in [2.05, 4.69) is 9.97 Å². The Balaban J connectivity index is 2.15. The maximum absolute atomic E-state index is 11.2. The van der Waals surface area contributed by atoms with Crippen molar-refractivity contribution < 1.29 is 9.90 Å². The highest BCUT2D eigenvalue weighted by molar-refractivity contribution is 6.31. The van der Waals surface area contributed by atoms with Crippen LogP contribution in [0.15, 0.2) is 30.6 Å². The smallest absolute Gasteiger partial charge is 0.191 e. The highest BCUT2D eigenvalue weighted by Gasteiger charge is 2.06. The van der Waals surface area contributed by atoms with Crippen molar-refractivity contribution in [1.29, 1.82) is 0 Å². The second-order valence-corrected chi connectivity index (χ2v) is 4.64. The zero-order valence-electron chi connectivity index (χ0n) is 10.4. The average Bonchev–Trinajstić information content (AvgIpc) is 2.43. The van der Waals surface area contributed by atoms with Crippen molar-refractivity contribution in [1.82, 2.24) is 9.97 Å². The molecule has 0 unspecified atom stereocenters. The number of nitrogens with zero attached hydrogens (tertiary/aromatic N) is 2. The van der Waals surface area contributed by atoms with E-state index in [1.54, 1.807) is 0 Å². The molecular weight excluding hydrogens is 264 g/mol. The molecule has 0 radical (unpaired) electrons. The summed E-state index contributed by atoms with van der Waals surface area (Å²) in [6.45, 7) is 1.41. The normalized spacial score (nSPS) is 10.5. The molecule has 0 saturated heterocycles. The summed E-state index contributed by atoms with van der Waals surface area (Å²) in [4.78, 5) is 19.4. The summed E-state index contributed by atoms with van der Waals surface area (Å²) in [5.41, 5.74) is 2.35. The maximum Gasteiger partial charge on any atom is 0.191 e. The molecule has 4 nitrogen and oxygen atoms in total. The summed E-state index contributed by atoms with van der Waals surface area (Å²) in [5, 5.41) is 9.44.